The molecule has 1 aromatic carbocycles. The summed E-state index contributed by atoms with van der Waals surface area (Å²) in [5, 5.41) is 14.2. The molecule has 0 spiro atoms. The molecule has 2 N–H and O–H groups in total. The zero-order valence-electron chi connectivity index (χ0n) is 12.2. The van der Waals surface area contributed by atoms with E-state index in [1.165, 1.54) is 0 Å². The number of rotatable bonds is 10. The summed E-state index contributed by atoms with van der Waals surface area (Å²) in [7, 11) is 1.61. The molecule has 0 aliphatic heterocycles. The number of methoxy groups -OCH3 is 1. The van der Waals surface area contributed by atoms with Gasteiger partial charge in [-0.3, -0.25) is 4.79 Å². The Bertz CT molecular complexity index is 471. The van der Waals surface area contributed by atoms with E-state index in [0.29, 0.717) is 44.0 Å². The molecule has 0 aromatic heterocycles. The Morgan fingerprint density at radius 2 is 2.24 bits per heavy atom. The number of carbonyl (C=O) groups excluding carboxylic acids is 1. The molecule has 0 bridgehead atoms. The molecule has 0 fully saturated rings. The number of amides is 1. The monoisotopic (exact) mass is 291 g/mol. The third kappa shape index (κ3) is 7.92. The first-order valence-electron chi connectivity index (χ1n) is 6.85. The van der Waals surface area contributed by atoms with E-state index in [0.717, 1.165) is 0 Å². The number of benzene rings is 1. The SMILES string of the molecule is COCCNCC(=O)Nc1cccc(OCCCC#N)c1. The summed E-state index contributed by atoms with van der Waals surface area (Å²) in [6.45, 7) is 1.92. The highest BCUT2D eigenvalue weighted by Crippen LogP contribution is 2.17. The van der Waals surface area contributed by atoms with Crippen LogP contribution in [0.4, 0.5) is 5.69 Å². The normalized spacial score (nSPS) is 9.90. The number of nitrogens with one attached hydrogen (secondary N) is 2. The second-order valence-electron chi connectivity index (χ2n) is 4.36. The fraction of sp³-hybridized carbons (Fsp3) is 0.467. The van der Waals surface area contributed by atoms with Gasteiger partial charge in [0.05, 0.1) is 25.8 Å². The van der Waals surface area contributed by atoms with Crippen molar-refractivity contribution in [1.82, 2.24) is 5.32 Å². The number of carbonyl (C=O) groups is 1. The number of unbranched alkanes of at least 4 members (excludes halogenated alkanes) is 1. The number of hydrogen-bond donors (Lipinski definition) is 2. The lowest BCUT2D eigenvalue weighted by molar-refractivity contribution is -0.115. The molecule has 0 saturated heterocycles. The molecular formula is C15H21N3O3. The molecule has 0 atom stereocenters. The van der Waals surface area contributed by atoms with Gasteiger partial charge in [-0.25, -0.2) is 0 Å². The Balaban J connectivity index is 2.34. The number of anilines is 1. The highest BCUT2D eigenvalue weighted by atomic mass is 16.5. The van der Waals surface area contributed by atoms with Gasteiger partial charge in [0.1, 0.15) is 5.75 Å². The van der Waals surface area contributed by atoms with Crippen LogP contribution >= 0.6 is 0 Å². The number of ether oxygens (including phenoxy) is 2. The Morgan fingerprint density at radius 3 is 3.00 bits per heavy atom. The van der Waals surface area contributed by atoms with Crippen molar-refractivity contribution >= 4 is 11.6 Å². The van der Waals surface area contributed by atoms with Crippen molar-refractivity contribution < 1.29 is 14.3 Å². The minimum atomic E-state index is -0.118. The van der Waals surface area contributed by atoms with Crippen molar-refractivity contribution in [2.75, 3.05) is 38.7 Å². The summed E-state index contributed by atoms with van der Waals surface area (Å²) in [5.41, 5.74) is 0.686. The number of hydrogen-bond acceptors (Lipinski definition) is 5. The fourth-order valence-corrected chi connectivity index (χ4v) is 1.59. The van der Waals surface area contributed by atoms with Gasteiger partial charge in [0.15, 0.2) is 0 Å². The molecule has 6 heteroatoms. The summed E-state index contributed by atoms with van der Waals surface area (Å²) < 4.78 is 10.4. The Hall–Kier alpha value is -2.10. The molecule has 0 unspecified atom stereocenters. The van der Waals surface area contributed by atoms with Crippen LogP contribution in [0, 0.1) is 11.3 Å². The van der Waals surface area contributed by atoms with Gasteiger partial charge >= 0.3 is 0 Å². The molecule has 1 aromatic rings. The quantitative estimate of drug-likeness (QED) is 0.639. The molecule has 21 heavy (non-hydrogen) atoms. The maximum atomic E-state index is 11.7. The third-order valence-electron chi connectivity index (χ3n) is 2.59. The smallest absolute Gasteiger partial charge is 0.238 e. The summed E-state index contributed by atoms with van der Waals surface area (Å²) in [5.74, 6) is 0.561. The van der Waals surface area contributed by atoms with Crippen LogP contribution in [-0.2, 0) is 9.53 Å². The van der Waals surface area contributed by atoms with Crippen LogP contribution < -0.4 is 15.4 Å². The van der Waals surface area contributed by atoms with Gasteiger partial charge in [0.25, 0.3) is 0 Å². The predicted molar refractivity (Wildman–Crippen MR) is 80.2 cm³/mol. The van der Waals surface area contributed by atoms with Gasteiger partial charge in [-0.15, -0.1) is 0 Å². The molecule has 6 nitrogen and oxygen atoms in total. The molecule has 0 aliphatic carbocycles. The van der Waals surface area contributed by atoms with E-state index in [4.69, 9.17) is 14.7 Å². The first-order valence-corrected chi connectivity index (χ1v) is 6.85. The average Bonchev–Trinajstić information content (AvgIpc) is 2.49. The first kappa shape index (κ1) is 17.0. The fourth-order valence-electron chi connectivity index (χ4n) is 1.59. The topological polar surface area (TPSA) is 83.4 Å². The van der Waals surface area contributed by atoms with E-state index in [1.807, 2.05) is 12.1 Å². The Kier molecular flexibility index (Phi) is 8.61. The lowest BCUT2D eigenvalue weighted by Crippen LogP contribution is -2.30. The maximum Gasteiger partial charge on any atom is 0.238 e. The number of nitrogens with zero attached hydrogens (tertiary/aromatic N) is 1. The summed E-state index contributed by atoms with van der Waals surface area (Å²) >= 11 is 0. The summed E-state index contributed by atoms with van der Waals surface area (Å²) in [4.78, 5) is 11.7. The third-order valence-corrected chi connectivity index (χ3v) is 2.59. The van der Waals surface area contributed by atoms with Crippen molar-refractivity contribution in [3.05, 3.63) is 24.3 Å². The van der Waals surface area contributed by atoms with Crippen molar-refractivity contribution in [3.8, 4) is 11.8 Å². The van der Waals surface area contributed by atoms with Crippen molar-refractivity contribution in [3.63, 3.8) is 0 Å². The summed E-state index contributed by atoms with van der Waals surface area (Å²) in [6.07, 6.45) is 1.17. The van der Waals surface area contributed by atoms with E-state index < -0.39 is 0 Å². The van der Waals surface area contributed by atoms with E-state index >= 15 is 0 Å². The van der Waals surface area contributed by atoms with Crippen LogP contribution in [0.5, 0.6) is 5.75 Å². The van der Waals surface area contributed by atoms with Crippen molar-refractivity contribution in [2.45, 2.75) is 12.8 Å². The van der Waals surface area contributed by atoms with Gasteiger partial charge in [0, 0.05) is 31.8 Å². The van der Waals surface area contributed by atoms with Crippen LogP contribution in [0.2, 0.25) is 0 Å². The average molecular weight is 291 g/mol. The maximum absolute atomic E-state index is 11.7. The lowest BCUT2D eigenvalue weighted by atomic mass is 10.3. The zero-order valence-corrected chi connectivity index (χ0v) is 12.2. The van der Waals surface area contributed by atoms with Gasteiger partial charge < -0.3 is 20.1 Å². The zero-order chi connectivity index (χ0) is 15.3. The van der Waals surface area contributed by atoms with Crippen LogP contribution in [-0.4, -0.2) is 39.3 Å². The van der Waals surface area contributed by atoms with Gasteiger partial charge in [0.2, 0.25) is 5.91 Å². The Labute approximate surface area is 125 Å². The van der Waals surface area contributed by atoms with Crippen LogP contribution in [0.25, 0.3) is 0 Å². The molecule has 1 amide bonds. The van der Waals surface area contributed by atoms with Gasteiger partial charge in [-0.05, 0) is 18.6 Å². The molecular weight excluding hydrogens is 270 g/mol. The van der Waals surface area contributed by atoms with E-state index in [2.05, 4.69) is 16.7 Å². The second kappa shape index (κ2) is 10.7. The molecule has 0 heterocycles. The molecule has 0 radical (unpaired) electrons. The highest BCUT2D eigenvalue weighted by molar-refractivity contribution is 5.92. The largest absolute Gasteiger partial charge is 0.493 e. The standard InChI is InChI=1S/C15H21N3O3/c1-20-10-8-17-12-15(19)18-13-5-4-6-14(11-13)21-9-3-2-7-16/h4-6,11,17H,2-3,8-10,12H2,1H3,(H,18,19). The van der Waals surface area contributed by atoms with Crippen LogP contribution in [0.3, 0.4) is 0 Å². The van der Waals surface area contributed by atoms with E-state index in [9.17, 15) is 4.79 Å². The van der Waals surface area contributed by atoms with Crippen molar-refractivity contribution in [2.24, 2.45) is 0 Å². The molecule has 0 aliphatic rings. The minimum Gasteiger partial charge on any atom is -0.493 e. The van der Waals surface area contributed by atoms with E-state index in [-0.39, 0.29) is 12.5 Å². The van der Waals surface area contributed by atoms with Crippen LogP contribution in [0.1, 0.15) is 12.8 Å². The van der Waals surface area contributed by atoms with Crippen molar-refractivity contribution in [1.29, 1.82) is 5.26 Å². The first-order chi connectivity index (χ1) is 10.3. The minimum absolute atomic E-state index is 0.118. The summed E-state index contributed by atoms with van der Waals surface area (Å²) in [6, 6.07) is 9.26. The van der Waals surface area contributed by atoms with Gasteiger partial charge in [-0.1, -0.05) is 6.07 Å². The number of nitriles is 1. The van der Waals surface area contributed by atoms with Gasteiger partial charge in [-0.2, -0.15) is 5.26 Å². The lowest BCUT2D eigenvalue weighted by Gasteiger charge is -2.09. The van der Waals surface area contributed by atoms with E-state index in [1.54, 1.807) is 19.2 Å². The molecule has 1 rings (SSSR count). The molecule has 0 saturated carbocycles. The highest BCUT2D eigenvalue weighted by Gasteiger charge is 2.03. The molecule has 114 valence electrons. The van der Waals surface area contributed by atoms with Crippen LogP contribution in [0.15, 0.2) is 24.3 Å². The predicted octanol–water partition coefficient (Wildman–Crippen LogP) is 1.54. The second-order valence-corrected chi connectivity index (χ2v) is 4.36. The Morgan fingerprint density at radius 1 is 1.38 bits per heavy atom.